The summed E-state index contributed by atoms with van der Waals surface area (Å²) in [7, 11) is 1.87. The van der Waals surface area contributed by atoms with Gasteiger partial charge in [0.05, 0.1) is 12.3 Å². The maximum atomic E-state index is 11.4. The Kier molecular flexibility index (Phi) is 5.09. The van der Waals surface area contributed by atoms with Crippen molar-refractivity contribution in [3.8, 4) is 5.75 Å². The molecule has 0 saturated heterocycles. The zero-order valence-electron chi connectivity index (χ0n) is 15.5. The number of halogens is 1. The van der Waals surface area contributed by atoms with Crippen LogP contribution in [0, 0.1) is 0 Å². The highest BCUT2D eigenvalue weighted by Gasteiger charge is 2.25. The monoisotopic (exact) mass is 396 g/mol. The van der Waals surface area contributed by atoms with Gasteiger partial charge in [0.2, 0.25) is 0 Å². The number of benzene rings is 2. The lowest BCUT2D eigenvalue weighted by Crippen LogP contribution is -2.12. The third-order valence-corrected chi connectivity index (χ3v) is 5.47. The van der Waals surface area contributed by atoms with E-state index in [2.05, 4.69) is 4.98 Å². The topological polar surface area (TPSA) is 64.4 Å². The molecule has 1 aliphatic rings. The molecule has 5 nitrogen and oxygen atoms in total. The maximum Gasteiger partial charge on any atom is 0.304 e. The highest BCUT2D eigenvalue weighted by molar-refractivity contribution is 6.30. The Morgan fingerprint density at radius 3 is 2.79 bits per heavy atom. The van der Waals surface area contributed by atoms with Crippen LogP contribution in [0.4, 0.5) is 0 Å². The van der Waals surface area contributed by atoms with E-state index in [0.29, 0.717) is 0 Å². The number of aromatic nitrogens is 2. The van der Waals surface area contributed by atoms with Crippen molar-refractivity contribution in [2.45, 2.75) is 31.3 Å². The number of carboxylic acids is 1. The fourth-order valence-electron chi connectivity index (χ4n) is 3.86. The minimum absolute atomic E-state index is 0.0121. The molecule has 4 rings (SSSR count). The number of ether oxygens (including phenoxy) is 1. The molecular weight excluding hydrogens is 376 g/mol. The quantitative estimate of drug-likeness (QED) is 0.653. The van der Waals surface area contributed by atoms with Crippen LogP contribution >= 0.6 is 11.6 Å². The van der Waals surface area contributed by atoms with E-state index in [0.717, 1.165) is 35.0 Å². The van der Waals surface area contributed by atoms with Crippen LogP contribution in [-0.2, 0) is 18.3 Å². The molecule has 0 fully saturated rings. The first-order valence-corrected chi connectivity index (χ1v) is 9.63. The maximum absolute atomic E-state index is 11.4. The van der Waals surface area contributed by atoms with E-state index in [-0.39, 0.29) is 18.4 Å². The Labute approximate surface area is 168 Å². The summed E-state index contributed by atoms with van der Waals surface area (Å²) in [5.41, 5.74) is 3.33. The lowest BCUT2D eigenvalue weighted by molar-refractivity contribution is -0.137. The Hall–Kier alpha value is -2.79. The van der Waals surface area contributed by atoms with E-state index in [1.54, 1.807) is 6.20 Å². The van der Waals surface area contributed by atoms with Crippen LogP contribution < -0.4 is 4.74 Å². The summed E-state index contributed by atoms with van der Waals surface area (Å²) < 4.78 is 8.05. The summed E-state index contributed by atoms with van der Waals surface area (Å²) >= 11 is 6.08. The SMILES string of the molecule is Cn1ccnc1[C@@H](CC(=O)O)c1ccc(OC2CCc3cc(Cl)ccc32)cc1. The van der Waals surface area contributed by atoms with Crippen LogP contribution in [0.2, 0.25) is 5.02 Å². The molecule has 0 bridgehead atoms. The average Bonchev–Trinajstić information content (AvgIpc) is 3.26. The van der Waals surface area contributed by atoms with Crippen molar-refractivity contribution in [1.82, 2.24) is 9.55 Å². The molecule has 1 unspecified atom stereocenters. The molecule has 1 heterocycles. The molecule has 0 aliphatic heterocycles. The fraction of sp³-hybridized carbons (Fsp3) is 0.273. The second kappa shape index (κ2) is 7.68. The van der Waals surface area contributed by atoms with Gasteiger partial charge in [0.1, 0.15) is 17.7 Å². The summed E-state index contributed by atoms with van der Waals surface area (Å²) in [6.07, 6.45) is 5.39. The molecule has 28 heavy (non-hydrogen) atoms. The van der Waals surface area contributed by atoms with Gasteiger partial charge in [0.25, 0.3) is 0 Å². The van der Waals surface area contributed by atoms with E-state index in [9.17, 15) is 9.90 Å². The number of aryl methyl sites for hydroxylation is 2. The van der Waals surface area contributed by atoms with Crippen LogP contribution in [0.1, 0.15) is 47.4 Å². The Balaban J connectivity index is 1.54. The number of aliphatic carboxylic acids is 1. The van der Waals surface area contributed by atoms with E-state index >= 15 is 0 Å². The number of nitrogens with zero attached hydrogens (tertiary/aromatic N) is 2. The van der Waals surface area contributed by atoms with Gasteiger partial charge in [0, 0.05) is 24.5 Å². The predicted octanol–water partition coefficient (Wildman–Crippen LogP) is 4.75. The van der Waals surface area contributed by atoms with Crippen molar-refractivity contribution in [2.75, 3.05) is 0 Å². The van der Waals surface area contributed by atoms with Crippen LogP contribution in [-0.4, -0.2) is 20.6 Å². The minimum Gasteiger partial charge on any atom is -0.486 e. The normalized spacial score (nSPS) is 16.6. The van der Waals surface area contributed by atoms with Gasteiger partial charge in [-0.2, -0.15) is 0 Å². The zero-order chi connectivity index (χ0) is 19.7. The minimum atomic E-state index is -0.852. The van der Waals surface area contributed by atoms with Crippen LogP contribution in [0.25, 0.3) is 0 Å². The number of carbonyl (C=O) groups is 1. The van der Waals surface area contributed by atoms with Gasteiger partial charge in [-0.25, -0.2) is 4.98 Å². The van der Waals surface area contributed by atoms with E-state index in [1.807, 2.05) is 60.3 Å². The van der Waals surface area contributed by atoms with Crippen molar-refractivity contribution in [1.29, 1.82) is 0 Å². The molecule has 1 aromatic heterocycles. The average molecular weight is 397 g/mol. The number of rotatable bonds is 6. The lowest BCUT2D eigenvalue weighted by atomic mass is 9.94. The van der Waals surface area contributed by atoms with Gasteiger partial charge in [-0.1, -0.05) is 29.8 Å². The molecule has 0 amide bonds. The summed E-state index contributed by atoms with van der Waals surface area (Å²) in [5.74, 6) is 0.346. The van der Waals surface area contributed by atoms with Crippen LogP contribution in [0.5, 0.6) is 5.75 Å². The third-order valence-electron chi connectivity index (χ3n) is 5.24. The lowest BCUT2D eigenvalue weighted by Gasteiger charge is -2.18. The van der Waals surface area contributed by atoms with Gasteiger partial charge in [-0.3, -0.25) is 4.79 Å². The van der Waals surface area contributed by atoms with Crippen LogP contribution in [0.15, 0.2) is 54.9 Å². The molecule has 0 radical (unpaired) electrons. The first-order chi connectivity index (χ1) is 13.5. The molecule has 0 saturated carbocycles. The first-order valence-electron chi connectivity index (χ1n) is 9.25. The van der Waals surface area contributed by atoms with Gasteiger partial charge in [-0.05, 0) is 53.8 Å². The molecule has 0 spiro atoms. The van der Waals surface area contributed by atoms with Crippen molar-refractivity contribution in [2.24, 2.45) is 7.05 Å². The number of hydrogen-bond acceptors (Lipinski definition) is 3. The molecule has 1 aliphatic carbocycles. The molecular formula is C22H21ClN2O3. The summed E-state index contributed by atoms with van der Waals surface area (Å²) in [6.45, 7) is 0. The fourth-order valence-corrected chi connectivity index (χ4v) is 4.05. The Bertz CT molecular complexity index is 997. The van der Waals surface area contributed by atoms with Gasteiger partial charge < -0.3 is 14.4 Å². The van der Waals surface area contributed by atoms with Crippen molar-refractivity contribution in [3.05, 3.63) is 82.4 Å². The second-order valence-corrected chi connectivity index (χ2v) is 7.54. The van der Waals surface area contributed by atoms with E-state index < -0.39 is 5.97 Å². The van der Waals surface area contributed by atoms with Gasteiger partial charge >= 0.3 is 5.97 Å². The number of imidazole rings is 1. The number of hydrogen-bond donors (Lipinski definition) is 1. The molecule has 2 atom stereocenters. The smallest absolute Gasteiger partial charge is 0.304 e. The Morgan fingerprint density at radius 1 is 1.32 bits per heavy atom. The van der Waals surface area contributed by atoms with Crippen molar-refractivity contribution in [3.63, 3.8) is 0 Å². The second-order valence-electron chi connectivity index (χ2n) is 7.10. The highest BCUT2D eigenvalue weighted by atomic mass is 35.5. The van der Waals surface area contributed by atoms with Crippen LogP contribution in [0.3, 0.4) is 0 Å². The van der Waals surface area contributed by atoms with E-state index in [4.69, 9.17) is 16.3 Å². The standard InChI is InChI=1S/C22H21ClN2O3/c1-25-11-10-24-22(25)19(13-21(26)27)14-2-6-17(7-3-14)28-20-9-4-15-12-16(23)5-8-18(15)20/h2-3,5-8,10-12,19-20H,4,9,13H2,1H3,(H,26,27)/t19-,20?/m0/s1. The number of carboxylic acid groups (broad SMARTS) is 1. The van der Waals surface area contributed by atoms with Crippen molar-refractivity contribution < 1.29 is 14.6 Å². The summed E-state index contributed by atoms with van der Waals surface area (Å²) in [4.78, 5) is 15.7. The highest BCUT2D eigenvalue weighted by Crippen LogP contribution is 2.37. The van der Waals surface area contributed by atoms with E-state index in [1.165, 1.54) is 11.1 Å². The zero-order valence-corrected chi connectivity index (χ0v) is 16.3. The molecule has 2 aromatic carbocycles. The molecule has 144 valence electrons. The molecule has 6 heteroatoms. The molecule has 3 aromatic rings. The Morgan fingerprint density at radius 2 is 2.11 bits per heavy atom. The molecule has 1 N–H and O–H groups in total. The predicted molar refractivity (Wildman–Crippen MR) is 107 cm³/mol. The van der Waals surface area contributed by atoms with Gasteiger partial charge in [0.15, 0.2) is 0 Å². The number of fused-ring (bicyclic) bond motifs is 1. The third kappa shape index (κ3) is 3.76. The first kappa shape index (κ1) is 18.6. The largest absolute Gasteiger partial charge is 0.486 e. The summed E-state index contributed by atoms with van der Waals surface area (Å²) in [5, 5.41) is 10.1. The van der Waals surface area contributed by atoms with Gasteiger partial charge in [-0.15, -0.1) is 0 Å². The summed E-state index contributed by atoms with van der Waals surface area (Å²) in [6, 6.07) is 13.6. The van der Waals surface area contributed by atoms with Crippen molar-refractivity contribution >= 4 is 17.6 Å².